The van der Waals surface area contributed by atoms with E-state index in [1.807, 2.05) is 0 Å². The predicted octanol–water partition coefficient (Wildman–Crippen LogP) is 3.51. The Balaban J connectivity index is 1.93. The summed E-state index contributed by atoms with van der Waals surface area (Å²) >= 11 is 0. The maximum absolute atomic E-state index is 14.1. The number of ether oxygens (including phenoxy) is 2. The minimum absolute atomic E-state index is 0.0256. The summed E-state index contributed by atoms with van der Waals surface area (Å²) in [7, 11) is 2.73. The average Bonchev–Trinajstić information content (AvgIpc) is 2.65. The minimum Gasteiger partial charge on any atom is -0.495 e. The first-order valence-corrected chi connectivity index (χ1v) is 8.65. The van der Waals surface area contributed by atoms with E-state index in [0.29, 0.717) is 16.8 Å². The molecule has 154 valence electrons. The van der Waals surface area contributed by atoms with Crippen LogP contribution in [0.5, 0.6) is 5.75 Å². The van der Waals surface area contributed by atoms with Gasteiger partial charge in [0.05, 0.1) is 20.8 Å². The Hall–Kier alpha value is -3.20. The van der Waals surface area contributed by atoms with Crippen molar-refractivity contribution in [3.63, 3.8) is 0 Å². The van der Waals surface area contributed by atoms with Gasteiger partial charge in [0.25, 0.3) is 0 Å². The van der Waals surface area contributed by atoms with Gasteiger partial charge in [-0.3, -0.25) is 0 Å². The highest BCUT2D eigenvalue weighted by atomic mass is 19.1. The van der Waals surface area contributed by atoms with Crippen LogP contribution in [0.15, 0.2) is 47.3 Å². The molecule has 1 aliphatic rings. The standard InChI is InChI=1S/C20H20F3N3O3/c1-11-4-17(28-2)15(23)8-16(11)24-20-25-19(27)18(29-3)10-26(20)9-12-5-13(21)7-14(22)6-12/h4-8,10,19,27H,9H2,1-3H3,(H,24,25). The van der Waals surface area contributed by atoms with Crippen LogP contribution in [0.25, 0.3) is 0 Å². The molecule has 0 saturated carbocycles. The molecule has 0 aromatic heterocycles. The fraction of sp³-hybridized carbons (Fsp3) is 0.250. The van der Waals surface area contributed by atoms with Gasteiger partial charge in [-0.25, -0.2) is 18.2 Å². The van der Waals surface area contributed by atoms with Crippen LogP contribution in [-0.4, -0.2) is 36.4 Å². The third-order valence-electron chi connectivity index (χ3n) is 4.31. The molecule has 2 aromatic rings. The predicted molar refractivity (Wildman–Crippen MR) is 102 cm³/mol. The fourth-order valence-electron chi connectivity index (χ4n) is 2.88. The van der Waals surface area contributed by atoms with E-state index < -0.39 is 23.7 Å². The van der Waals surface area contributed by atoms with Crippen LogP contribution in [-0.2, 0) is 11.3 Å². The van der Waals surface area contributed by atoms with Crippen LogP contribution in [0.1, 0.15) is 11.1 Å². The third kappa shape index (κ3) is 4.62. The summed E-state index contributed by atoms with van der Waals surface area (Å²) in [5.74, 6) is -1.63. The number of aliphatic imine (C=N–C) groups is 1. The van der Waals surface area contributed by atoms with Gasteiger partial charge in [-0.2, -0.15) is 0 Å². The van der Waals surface area contributed by atoms with E-state index in [4.69, 9.17) is 9.47 Å². The van der Waals surface area contributed by atoms with E-state index in [9.17, 15) is 18.3 Å². The molecular formula is C20H20F3N3O3. The summed E-state index contributed by atoms with van der Waals surface area (Å²) < 4.78 is 51.3. The van der Waals surface area contributed by atoms with Crippen molar-refractivity contribution in [2.45, 2.75) is 19.7 Å². The molecule has 1 atom stereocenters. The van der Waals surface area contributed by atoms with Crippen molar-refractivity contribution >= 4 is 11.6 Å². The molecule has 1 unspecified atom stereocenters. The molecule has 9 heteroatoms. The average molecular weight is 407 g/mol. The maximum Gasteiger partial charge on any atom is 0.208 e. The van der Waals surface area contributed by atoms with Crippen molar-refractivity contribution in [3.8, 4) is 5.75 Å². The Morgan fingerprint density at radius 1 is 1.07 bits per heavy atom. The number of rotatable bonds is 5. The van der Waals surface area contributed by atoms with Crippen LogP contribution in [0.3, 0.4) is 0 Å². The van der Waals surface area contributed by atoms with Gasteiger partial charge in [-0.15, -0.1) is 0 Å². The molecule has 1 heterocycles. The molecule has 3 rings (SSSR count). The highest BCUT2D eigenvalue weighted by molar-refractivity contribution is 5.95. The molecule has 0 bridgehead atoms. The Bertz CT molecular complexity index is 959. The lowest BCUT2D eigenvalue weighted by Crippen LogP contribution is -2.38. The van der Waals surface area contributed by atoms with Crippen LogP contribution in [0, 0.1) is 24.4 Å². The van der Waals surface area contributed by atoms with Crippen molar-refractivity contribution in [2.75, 3.05) is 19.5 Å². The van der Waals surface area contributed by atoms with Gasteiger partial charge in [0.2, 0.25) is 12.2 Å². The van der Waals surface area contributed by atoms with Crippen LogP contribution < -0.4 is 10.1 Å². The summed E-state index contributed by atoms with van der Waals surface area (Å²) in [6, 6.07) is 5.89. The Morgan fingerprint density at radius 2 is 1.76 bits per heavy atom. The molecule has 0 spiro atoms. The number of guanidine groups is 1. The first-order chi connectivity index (χ1) is 13.8. The topological polar surface area (TPSA) is 66.3 Å². The second-order valence-electron chi connectivity index (χ2n) is 6.39. The maximum atomic E-state index is 14.1. The van der Waals surface area contributed by atoms with Crippen molar-refractivity contribution in [2.24, 2.45) is 4.99 Å². The lowest BCUT2D eigenvalue weighted by molar-refractivity contribution is 0.124. The summed E-state index contributed by atoms with van der Waals surface area (Å²) in [5.41, 5.74) is 1.38. The highest BCUT2D eigenvalue weighted by Crippen LogP contribution is 2.27. The molecule has 1 aliphatic heterocycles. The smallest absolute Gasteiger partial charge is 0.208 e. The zero-order valence-corrected chi connectivity index (χ0v) is 16.0. The summed E-state index contributed by atoms with van der Waals surface area (Å²) in [6.45, 7) is 1.77. The molecular weight excluding hydrogens is 387 g/mol. The van der Waals surface area contributed by atoms with E-state index in [0.717, 1.165) is 6.07 Å². The number of aliphatic hydroxyl groups is 1. The lowest BCUT2D eigenvalue weighted by atomic mass is 10.1. The summed E-state index contributed by atoms with van der Waals surface area (Å²) in [4.78, 5) is 5.62. The van der Waals surface area contributed by atoms with Gasteiger partial charge in [-0.05, 0) is 36.2 Å². The van der Waals surface area contributed by atoms with Gasteiger partial charge in [-0.1, -0.05) is 0 Å². The van der Waals surface area contributed by atoms with Crippen LogP contribution >= 0.6 is 0 Å². The van der Waals surface area contributed by atoms with Gasteiger partial charge in [0, 0.05) is 24.0 Å². The van der Waals surface area contributed by atoms with Crippen molar-refractivity contribution in [1.82, 2.24) is 4.90 Å². The zero-order valence-electron chi connectivity index (χ0n) is 16.0. The highest BCUT2D eigenvalue weighted by Gasteiger charge is 2.24. The number of hydrogen-bond acceptors (Lipinski definition) is 6. The molecule has 0 radical (unpaired) electrons. The number of aliphatic hydroxyl groups excluding tert-OH is 1. The van der Waals surface area contributed by atoms with Gasteiger partial charge in [0.15, 0.2) is 17.3 Å². The number of hydrogen-bond donors (Lipinski definition) is 2. The van der Waals surface area contributed by atoms with Crippen LogP contribution in [0.2, 0.25) is 0 Å². The molecule has 2 N–H and O–H groups in total. The monoisotopic (exact) mass is 407 g/mol. The number of nitrogens with one attached hydrogen (secondary N) is 1. The number of nitrogens with zero attached hydrogens (tertiary/aromatic N) is 2. The second-order valence-corrected chi connectivity index (χ2v) is 6.39. The first-order valence-electron chi connectivity index (χ1n) is 8.65. The minimum atomic E-state index is -1.29. The van der Waals surface area contributed by atoms with Gasteiger partial charge in [0.1, 0.15) is 11.6 Å². The van der Waals surface area contributed by atoms with E-state index >= 15 is 0 Å². The lowest BCUT2D eigenvalue weighted by Gasteiger charge is -2.29. The first kappa shape index (κ1) is 20.5. The second kappa shape index (κ2) is 8.44. The SMILES string of the molecule is COC1=CN(Cc2cc(F)cc(F)c2)C(Nc2cc(F)c(OC)cc2C)=NC1O. The molecule has 0 amide bonds. The quantitative estimate of drug-likeness (QED) is 0.794. The summed E-state index contributed by atoms with van der Waals surface area (Å²) in [6.07, 6.45) is 0.171. The van der Waals surface area contributed by atoms with Gasteiger partial charge >= 0.3 is 0 Å². The Labute approximate surface area is 165 Å². The third-order valence-corrected chi connectivity index (χ3v) is 4.31. The van der Waals surface area contributed by atoms with E-state index in [1.165, 1.54) is 49.6 Å². The number of benzene rings is 2. The molecule has 0 fully saturated rings. The van der Waals surface area contributed by atoms with Crippen molar-refractivity contribution in [3.05, 3.63) is 70.9 Å². The number of halogens is 3. The largest absolute Gasteiger partial charge is 0.495 e. The van der Waals surface area contributed by atoms with Crippen LogP contribution in [0.4, 0.5) is 18.9 Å². The van der Waals surface area contributed by atoms with Gasteiger partial charge < -0.3 is 24.8 Å². The van der Waals surface area contributed by atoms with E-state index in [-0.39, 0.29) is 24.0 Å². The molecule has 0 aliphatic carbocycles. The van der Waals surface area contributed by atoms with E-state index in [2.05, 4.69) is 10.3 Å². The molecule has 6 nitrogen and oxygen atoms in total. The van der Waals surface area contributed by atoms with E-state index in [1.54, 1.807) is 6.92 Å². The van der Waals surface area contributed by atoms with Crippen molar-refractivity contribution in [1.29, 1.82) is 0 Å². The summed E-state index contributed by atoms with van der Waals surface area (Å²) in [5, 5.41) is 13.1. The zero-order chi connectivity index (χ0) is 21.1. The molecule has 0 saturated heterocycles. The Morgan fingerprint density at radius 3 is 2.38 bits per heavy atom. The number of aryl methyl sites for hydroxylation is 1. The molecule has 29 heavy (non-hydrogen) atoms. The normalized spacial score (nSPS) is 16.2. The number of anilines is 1. The Kier molecular flexibility index (Phi) is 5.97. The fourth-order valence-corrected chi connectivity index (χ4v) is 2.88. The van der Waals surface area contributed by atoms with Crippen molar-refractivity contribution < 1.29 is 27.8 Å². The number of methoxy groups -OCH3 is 2. The molecule has 2 aromatic carbocycles.